The van der Waals surface area contributed by atoms with Crippen molar-refractivity contribution >= 4 is 52.9 Å². The first-order valence-electron chi connectivity index (χ1n) is 8.00. The van der Waals surface area contributed by atoms with E-state index < -0.39 is 0 Å². The van der Waals surface area contributed by atoms with Gasteiger partial charge in [-0.3, -0.25) is 33.8 Å². The quantitative estimate of drug-likeness (QED) is 0.626. The third kappa shape index (κ3) is 5.57. The number of amides is 4. The van der Waals surface area contributed by atoms with Crippen molar-refractivity contribution in [2.75, 3.05) is 25.6 Å². The van der Waals surface area contributed by atoms with E-state index in [0.29, 0.717) is 13.0 Å². The average Bonchev–Trinajstić information content (AvgIpc) is 2.99. The van der Waals surface area contributed by atoms with Crippen molar-refractivity contribution in [2.24, 2.45) is 0 Å². The van der Waals surface area contributed by atoms with Crippen molar-refractivity contribution in [3.63, 3.8) is 0 Å². The molecule has 0 radical (unpaired) electrons. The van der Waals surface area contributed by atoms with Crippen molar-refractivity contribution in [3.8, 4) is 0 Å². The lowest BCUT2D eigenvalue weighted by atomic mass is 10.4. The zero-order chi connectivity index (χ0) is 19.1. The summed E-state index contributed by atoms with van der Waals surface area (Å²) in [5, 5.41) is -0.407. The lowest BCUT2D eigenvalue weighted by Gasteiger charge is -2.12. The van der Waals surface area contributed by atoms with E-state index in [1.165, 1.54) is 35.3 Å². The molecule has 0 aromatic carbocycles. The maximum absolute atomic E-state index is 11.4. The summed E-state index contributed by atoms with van der Waals surface area (Å²) in [6.45, 7) is 3.84. The Balaban J connectivity index is 0.000000251. The third-order valence-corrected chi connectivity index (χ3v) is 5.68. The Labute approximate surface area is 156 Å². The van der Waals surface area contributed by atoms with Gasteiger partial charge in [-0.25, -0.2) is 0 Å². The Kier molecular flexibility index (Phi) is 8.64. The maximum atomic E-state index is 11.4. The van der Waals surface area contributed by atoms with Crippen molar-refractivity contribution in [1.82, 2.24) is 9.80 Å². The molecule has 2 rings (SSSR count). The summed E-state index contributed by atoms with van der Waals surface area (Å²) in [7, 11) is 0. The maximum Gasteiger partial charge on any atom is 0.243 e. The van der Waals surface area contributed by atoms with Crippen LogP contribution >= 0.6 is 23.5 Å². The van der Waals surface area contributed by atoms with Gasteiger partial charge in [0.2, 0.25) is 23.6 Å². The zero-order valence-electron chi connectivity index (χ0n) is 14.9. The number of imide groups is 2. The number of nitrogens with zero attached hydrogens (tertiary/aromatic N) is 2. The summed E-state index contributed by atoms with van der Waals surface area (Å²) in [5.74, 6) is -0.647. The van der Waals surface area contributed by atoms with Gasteiger partial charge in [0.05, 0.1) is 17.0 Å². The number of ketones is 1. The lowest BCUT2D eigenvalue weighted by molar-refractivity contribution is -0.141. The first-order valence-corrected chi connectivity index (χ1v) is 10.6. The number of thioether (sulfide) groups is 2. The fourth-order valence-corrected chi connectivity index (χ4v) is 3.80. The number of carbonyl (C=O) groups is 5. The first kappa shape index (κ1) is 21.7. The molecule has 0 aromatic rings. The molecule has 0 saturated carbocycles. The minimum absolute atomic E-state index is 0.00523. The Morgan fingerprint density at radius 2 is 1.40 bits per heavy atom. The highest BCUT2D eigenvalue weighted by Gasteiger charge is 2.38. The highest BCUT2D eigenvalue weighted by atomic mass is 32.2. The summed E-state index contributed by atoms with van der Waals surface area (Å²) in [5.41, 5.74) is 0. The molecule has 0 aliphatic carbocycles. The Hall–Kier alpha value is -1.35. The molecule has 2 unspecified atom stereocenters. The molecule has 4 amide bonds. The van der Waals surface area contributed by atoms with Crippen LogP contribution in [0, 0.1) is 0 Å². The van der Waals surface area contributed by atoms with Crippen LogP contribution in [0.3, 0.4) is 0 Å². The molecule has 25 heavy (non-hydrogen) atoms. The van der Waals surface area contributed by atoms with E-state index in [0.717, 1.165) is 11.3 Å². The van der Waals surface area contributed by atoms with Crippen LogP contribution in [0.4, 0.5) is 0 Å². The van der Waals surface area contributed by atoms with Crippen LogP contribution in [-0.2, 0) is 24.0 Å². The molecule has 2 aliphatic rings. The summed E-state index contributed by atoms with van der Waals surface area (Å²) in [4.78, 5) is 58.5. The normalized spacial score (nSPS) is 23.2. The van der Waals surface area contributed by atoms with Crippen LogP contribution < -0.4 is 0 Å². The van der Waals surface area contributed by atoms with E-state index >= 15 is 0 Å². The molecule has 0 spiro atoms. The zero-order valence-corrected chi connectivity index (χ0v) is 16.6. The van der Waals surface area contributed by atoms with Crippen LogP contribution in [0.5, 0.6) is 0 Å². The average molecular weight is 389 g/mol. The summed E-state index contributed by atoms with van der Waals surface area (Å²) >= 11 is 2.81. The topological polar surface area (TPSA) is 91.8 Å². The van der Waals surface area contributed by atoms with E-state index in [1.54, 1.807) is 6.26 Å². The number of likely N-dealkylation sites (tertiary alicyclic amines) is 2. The molecular weight excluding hydrogens is 364 g/mol. The van der Waals surface area contributed by atoms with Gasteiger partial charge in [-0.15, -0.1) is 0 Å². The number of hydrogen-bond donors (Lipinski definition) is 0. The van der Waals surface area contributed by atoms with Crippen LogP contribution in [0.2, 0.25) is 0 Å². The predicted molar refractivity (Wildman–Crippen MR) is 98.3 cm³/mol. The lowest BCUT2D eigenvalue weighted by Crippen LogP contribution is -2.35. The predicted octanol–water partition coefficient (Wildman–Crippen LogP) is 0.953. The summed E-state index contributed by atoms with van der Waals surface area (Å²) in [6, 6.07) is 0. The molecule has 0 bridgehead atoms. The largest absolute Gasteiger partial charge is 0.298 e. The molecule has 0 N–H and O–H groups in total. The molecule has 2 aliphatic heterocycles. The number of Topliss-reactive ketones (excluding diaryl/α,β-unsaturated/α-hetero) is 1. The SMILES string of the molecule is CCCN1C(=O)CC(SC)C1=O.CSC1CC(=O)N(CC(C)=O)C1=O. The Bertz CT molecular complexity index is 567. The number of rotatable bonds is 6. The van der Waals surface area contributed by atoms with Gasteiger partial charge in [-0.2, -0.15) is 23.5 Å². The van der Waals surface area contributed by atoms with Crippen LogP contribution in [0.15, 0.2) is 0 Å². The van der Waals surface area contributed by atoms with Crippen molar-refractivity contribution in [1.29, 1.82) is 0 Å². The highest BCUT2D eigenvalue weighted by molar-refractivity contribution is 8.00. The second-order valence-electron chi connectivity index (χ2n) is 5.76. The Morgan fingerprint density at radius 1 is 0.960 bits per heavy atom. The van der Waals surface area contributed by atoms with Gasteiger partial charge in [-0.1, -0.05) is 6.92 Å². The minimum atomic E-state index is -0.285. The molecular formula is C16H24N2O5S2. The summed E-state index contributed by atoms with van der Waals surface area (Å²) < 4.78 is 0. The van der Waals surface area contributed by atoms with E-state index in [1.807, 2.05) is 13.2 Å². The molecule has 7 nitrogen and oxygen atoms in total. The van der Waals surface area contributed by atoms with Gasteiger partial charge < -0.3 is 0 Å². The third-order valence-electron chi connectivity index (χ3n) is 3.80. The van der Waals surface area contributed by atoms with Crippen molar-refractivity contribution in [3.05, 3.63) is 0 Å². The van der Waals surface area contributed by atoms with Crippen LogP contribution in [0.25, 0.3) is 0 Å². The minimum Gasteiger partial charge on any atom is -0.298 e. The van der Waals surface area contributed by atoms with Gasteiger partial charge >= 0.3 is 0 Å². The Morgan fingerprint density at radius 3 is 1.76 bits per heavy atom. The molecule has 0 aromatic heterocycles. The summed E-state index contributed by atoms with van der Waals surface area (Å²) in [6.07, 6.45) is 5.12. The standard InChI is InChI=1S/C8H11NO3S.C8H13NO2S/c1-5(10)4-9-7(11)3-6(13-2)8(9)12;1-3-4-9-7(10)5-6(12-2)8(9)11/h6H,3-4H2,1-2H3;6H,3-5H2,1-2H3. The highest BCUT2D eigenvalue weighted by Crippen LogP contribution is 2.23. The van der Waals surface area contributed by atoms with E-state index in [9.17, 15) is 24.0 Å². The molecule has 2 atom stereocenters. The first-order chi connectivity index (χ1) is 11.8. The van der Waals surface area contributed by atoms with E-state index in [-0.39, 0.29) is 52.9 Å². The van der Waals surface area contributed by atoms with Gasteiger partial charge in [0.25, 0.3) is 0 Å². The smallest absolute Gasteiger partial charge is 0.243 e. The number of hydrogen-bond acceptors (Lipinski definition) is 7. The molecule has 2 saturated heterocycles. The molecule has 140 valence electrons. The number of carbonyl (C=O) groups excluding carboxylic acids is 5. The molecule has 2 fully saturated rings. The monoisotopic (exact) mass is 388 g/mol. The van der Waals surface area contributed by atoms with Gasteiger partial charge in [0.1, 0.15) is 5.78 Å². The fourth-order valence-electron chi connectivity index (χ4n) is 2.52. The van der Waals surface area contributed by atoms with Crippen LogP contribution in [0.1, 0.15) is 33.1 Å². The van der Waals surface area contributed by atoms with Gasteiger partial charge in [-0.05, 0) is 25.9 Å². The second-order valence-corrected chi connectivity index (χ2v) is 7.84. The van der Waals surface area contributed by atoms with Gasteiger partial charge in [0, 0.05) is 19.4 Å². The van der Waals surface area contributed by atoms with E-state index in [4.69, 9.17) is 0 Å². The second kappa shape index (κ2) is 9.96. The van der Waals surface area contributed by atoms with E-state index in [2.05, 4.69) is 0 Å². The van der Waals surface area contributed by atoms with Crippen LogP contribution in [-0.4, -0.2) is 75.3 Å². The molecule has 2 heterocycles. The van der Waals surface area contributed by atoms with Crippen molar-refractivity contribution in [2.45, 2.75) is 43.6 Å². The van der Waals surface area contributed by atoms with Crippen molar-refractivity contribution < 1.29 is 24.0 Å². The van der Waals surface area contributed by atoms with Gasteiger partial charge in [0.15, 0.2) is 0 Å². The molecule has 9 heteroatoms. The fraction of sp³-hybridized carbons (Fsp3) is 0.688.